The van der Waals surface area contributed by atoms with Crippen LogP contribution < -0.4 is 0 Å². The highest BCUT2D eigenvalue weighted by molar-refractivity contribution is 5.79. The highest BCUT2D eigenvalue weighted by Crippen LogP contribution is 2.31. The van der Waals surface area contributed by atoms with Crippen LogP contribution in [0.15, 0.2) is 30.3 Å². The van der Waals surface area contributed by atoms with Crippen LogP contribution in [0.25, 0.3) is 0 Å². The Labute approximate surface area is 106 Å². The van der Waals surface area contributed by atoms with Gasteiger partial charge in [-0.15, -0.1) is 0 Å². The molecule has 5 heteroatoms. The fourth-order valence-electron chi connectivity index (χ4n) is 2.24. The van der Waals surface area contributed by atoms with Crippen LogP contribution in [-0.2, 0) is 9.59 Å². The third-order valence-electron chi connectivity index (χ3n) is 3.21. The zero-order chi connectivity index (χ0) is 13.1. The summed E-state index contributed by atoms with van der Waals surface area (Å²) < 4.78 is 0. The number of aliphatic carboxylic acids is 1. The van der Waals surface area contributed by atoms with Gasteiger partial charge in [0.25, 0.3) is 0 Å². The van der Waals surface area contributed by atoms with Gasteiger partial charge in [0.15, 0.2) is 0 Å². The number of hydrazine groups is 1. The first-order valence-corrected chi connectivity index (χ1v) is 5.89. The molecule has 2 rings (SSSR count). The predicted molar refractivity (Wildman–Crippen MR) is 65.5 cm³/mol. The summed E-state index contributed by atoms with van der Waals surface area (Å²) in [4.78, 5) is 22.4. The van der Waals surface area contributed by atoms with Crippen LogP contribution in [0.2, 0.25) is 0 Å². The summed E-state index contributed by atoms with van der Waals surface area (Å²) in [7, 11) is 1.82. The molecule has 1 amide bonds. The molecule has 0 radical (unpaired) electrons. The standard InChI is InChI=1S/C13H16N2O3/c1-14-11(10-5-3-2-4-6-10)9-12(16)15(14)8-7-13(17)18/h2-6,11H,7-9H2,1H3,(H,17,18). The molecule has 1 heterocycles. The minimum atomic E-state index is -0.889. The molecule has 0 aliphatic carbocycles. The van der Waals surface area contributed by atoms with E-state index in [0.29, 0.717) is 6.42 Å². The summed E-state index contributed by atoms with van der Waals surface area (Å²) >= 11 is 0. The Morgan fingerprint density at radius 3 is 2.67 bits per heavy atom. The molecule has 96 valence electrons. The number of rotatable bonds is 4. The van der Waals surface area contributed by atoms with Gasteiger partial charge in [0.05, 0.1) is 12.5 Å². The lowest BCUT2D eigenvalue weighted by Crippen LogP contribution is -2.38. The molecule has 1 atom stereocenters. The van der Waals surface area contributed by atoms with Gasteiger partial charge in [0, 0.05) is 20.0 Å². The molecule has 0 spiro atoms. The third-order valence-corrected chi connectivity index (χ3v) is 3.21. The van der Waals surface area contributed by atoms with E-state index < -0.39 is 5.97 Å². The molecule has 18 heavy (non-hydrogen) atoms. The van der Waals surface area contributed by atoms with Crippen molar-refractivity contribution in [2.24, 2.45) is 0 Å². The van der Waals surface area contributed by atoms with Crippen molar-refractivity contribution >= 4 is 11.9 Å². The lowest BCUT2D eigenvalue weighted by Gasteiger charge is -2.28. The highest BCUT2D eigenvalue weighted by Gasteiger charge is 2.35. The normalized spacial score (nSPS) is 20.4. The van der Waals surface area contributed by atoms with E-state index in [1.165, 1.54) is 5.01 Å². The molecule has 1 N–H and O–H groups in total. The summed E-state index contributed by atoms with van der Waals surface area (Å²) in [5, 5.41) is 12.0. The van der Waals surface area contributed by atoms with Crippen molar-refractivity contribution in [2.45, 2.75) is 18.9 Å². The van der Waals surface area contributed by atoms with E-state index in [9.17, 15) is 9.59 Å². The van der Waals surface area contributed by atoms with Crippen molar-refractivity contribution in [1.29, 1.82) is 0 Å². The number of carbonyl (C=O) groups is 2. The number of carboxylic acids is 1. The molecule has 1 aliphatic rings. The van der Waals surface area contributed by atoms with Gasteiger partial charge in [0.2, 0.25) is 5.91 Å². The van der Waals surface area contributed by atoms with Crippen molar-refractivity contribution in [3.8, 4) is 0 Å². The van der Waals surface area contributed by atoms with Crippen LogP contribution >= 0.6 is 0 Å². The Hall–Kier alpha value is -1.88. The maximum atomic E-state index is 11.9. The number of carboxylic acid groups (broad SMARTS) is 1. The second kappa shape index (κ2) is 5.18. The minimum Gasteiger partial charge on any atom is -0.481 e. The average Bonchev–Trinajstić information content (AvgIpc) is 2.63. The van der Waals surface area contributed by atoms with Crippen LogP contribution in [0.3, 0.4) is 0 Å². The number of amides is 1. The van der Waals surface area contributed by atoms with Gasteiger partial charge in [0.1, 0.15) is 0 Å². The van der Waals surface area contributed by atoms with Gasteiger partial charge in [-0.2, -0.15) is 0 Å². The molecule has 1 saturated heterocycles. The molecule has 0 saturated carbocycles. The van der Waals surface area contributed by atoms with Crippen molar-refractivity contribution in [3.63, 3.8) is 0 Å². The molecule has 1 aliphatic heterocycles. The van der Waals surface area contributed by atoms with E-state index in [0.717, 1.165) is 5.56 Å². The number of benzene rings is 1. The Morgan fingerprint density at radius 2 is 2.06 bits per heavy atom. The van der Waals surface area contributed by atoms with Gasteiger partial charge >= 0.3 is 5.97 Å². The largest absolute Gasteiger partial charge is 0.481 e. The maximum absolute atomic E-state index is 11.9. The third kappa shape index (κ3) is 2.51. The quantitative estimate of drug-likeness (QED) is 0.872. The van der Waals surface area contributed by atoms with Crippen LogP contribution in [0.5, 0.6) is 0 Å². The minimum absolute atomic E-state index is 0.00694. The van der Waals surface area contributed by atoms with E-state index in [1.807, 2.05) is 42.4 Å². The van der Waals surface area contributed by atoms with Crippen molar-refractivity contribution in [2.75, 3.05) is 13.6 Å². The molecule has 5 nitrogen and oxygen atoms in total. The monoisotopic (exact) mass is 248 g/mol. The number of hydrogen-bond donors (Lipinski definition) is 1. The Kier molecular flexibility index (Phi) is 3.62. The van der Waals surface area contributed by atoms with Crippen molar-refractivity contribution in [3.05, 3.63) is 35.9 Å². The highest BCUT2D eigenvalue weighted by atomic mass is 16.4. The summed E-state index contributed by atoms with van der Waals surface area (Å²) in [5.74, 6) is -0.910. The molecular formula is C13H16N2O3. The maximum Gasteiger partial charge on any atom is 0.305 e. The van der Waals surface area contributed by atoms with Gasteiger partial charge in [-0.3, -0.25) is 14.6 Å². The zero-order valence-electron chi connectivity index (χ0n) is 10.2. The first-order chi connectivity index (χ1) is 8.59. The Bertz CT molecular complexity index is 447. The fourth-order valence-corrected chi connectivity index (χ4v) is 2.24. The summed E-state index contributed by atoms with van der Waals surface area (Å²) in [6.45, 7) is 0.230. The van der Waals surface area contributed by atoms with Gasteiger partial charge in [-0.25, -0.2) is 5.01 Å². The molecule has 1 unspecified atom stereocenters. The smallest absolute Gasteiger partial charge is 0.305 e. The second-order valence-electron chi connectivity index (χ2n) is 4.36. The van der Waals surface area contributed by atoms with Crippen LogP contribution in [0.1, 0.15) is 24.4 Å². The van der Waals surface area contributed by atoms with Crippen LogP contribution in [0, 0.1) is 0 Å². The van der Waals surface area contributed by atoms with E-state index >= 15 is 0 Å². The number of nitrogens with zero attached hydrogens (tertiary/aromatic N) is 2. The van der Waals surface area contributed by atoms with Gasteiger partial charge < -0.3 is 5.11 Å². The SMILES string of the molecule is CN1C(c2ccccc2)CC(=O)N1CCC(=O)O. The van der Waals surface area contributed by atoms with E-state index in [-0.39, 0.29) is 24.9 Å². The topological polar surface area (TPSA) is 60.9 Å². The number of carbonyl (C=O) groups excluding carboxylic acids is 1. The Balaban J connectivity index is 2.09. The molecule has 0 bridgehead atoms. The summed E-state index contributed by atoms with van der Waals surface area (Å²) in [6, 6.07) is 9.78. The first-order valence-electron chi connectivity index (χ1n) is 5.89. The van der Waals surface area contributed by atoms with Crippen LogP contribution in [-0.4, -0.2) is 40.6 Å². The fraction of sp³-hybridized carbons (Fsp3) is 0.385. The lowest BCUT2D eigenvalue weighted by atomic mass is 10.1. The lowest BCUT2D eigenvalue weighted by molar-refractivity contribution is -0.142. The average molecular weight is 248 g/mol. The van der Waals surface area contributed by atoms with Crippen LogP contribution in [0.4, 0.5) is 0 Å². The second-order valence-corrected chi connectivity index (χ2v) is 4.36. The predicted octanol–water partition coefficient (Wildman–Crippen LogP) is 1.28. The summed E-state index contributed by atoms with van der Waals surface area (Å²) in [6.07, 6.45) is 0.373. The van der Waals surface area contributed by atoms with E-state index in [2.05, 4.69) is 0 Å². The molecule has 1 aromatic carbocycles. The summed E-state index contributed by atoms with van der Waals surface area (Å²) in [5.41, 5.74) is 1.08. The molecule has 0 aromatic heterocycles. The van der Waals surface area contributed by atoms with Crippen molar-refractivity contribution < 1.29 is 14.7 Å². The first kappa shape index (κ1) is 12.6. The molecular weight excluding hydrogens is 232 g/mol. The molecule has 1 aromatic rings. The van der Waals surface area contributed by atoms with E-state index in [1.54, 1.807) is 0 Å². The number of hydrogen-bond acceptors (Lipinski definition) is 3. The molecule has 1 fully saturated rings. The van der Waals surface area contributed by atoms with Gasteiger partial charge in [-0.1, -0.05) is 30.3 Å². The van der Waals surface area contributed by atoms with E-state index in [4.69, 9.17) is 5.11 Å². The zero-order valence-corrected chi connectivity index (χ0v) is 10.2. The van der Waals surface area contributed by atoms with Gasteiger partial charge in [-0.05, 0) is 5.56 Å². The van der Waals surface area contributed by atoms with Crippen molar-refractivity contribution in [1.82, 2.24) is 10.0 Å². The Morgan fingerprint density at radius 1 is 1.39 bits per heavy atom.